The highest BCUT2D eigenvalue weighted by Gasteiger charge is 2.13. The van der Waals surface area contributed by atoms with Crippen LogP contribution in [0.15, 0.2) is 36.5 Å². The highest BCUT2D eigenvalue weighted by molar-refractivity contribution is 5.69. The fourth-order valence-corrected chi connectivity index (χ4v) is 2.44. The zero-order chi connectivity index (χ0) is 15.0. The van der Waals surface area contributed by atoms with E-state index in [1.165, 1.54) is 0 Å². The summed E-state index contributed by atoms with van der Waals surface area (Å²) in [7, 11) is 3.25. The van der Waals surface area contributed by atoms with Gasteiger partial charge in [0, 0.05) is 23.1 Å². The van der Waals surface area contributed by atoms with Crippen LogP contribution in [0, 0.1) is 6.92 Å². The highest BCUT2D eigenvalue weighted by atomic mass is 16.5. The molecule has 0 atom stereocenters. The second kappa shape index (κ2) is 5.01. The number of aromatic nitrogens is 2. The molecule has 2 N–H and O–H groups in total. The second-order valence-electron chi connectivity index (χ2n) is 4.81. The van der Waals surface area contributed by atoms with Gasteiger partial charge in [0.15, 0.2) is 11.5 Å². The molecule has 0 fully saturated rings. The average Bonchev–Trinajstić information content (AvgIpc) is 2.83. The fourth-order valence-electron chi connectivity index (χ4n) is 2.44. The van der Waals surface area contributed by atoms with E-state index in [9.17, 15) is 0 Å². The van der Waals surface area contributed by atoms with Crippen molar-refractivity contribution in [1.29, 1.82) is 0 Å². The third-order valence-corrected chi connectivity index (χ3v) is 3.54. The Morgan fingerprint density at radius 2 is 1.81 bits per heavy atom. The number of aryl methyl sites for hydroxylation is 1. The monoisotopic (exact) mass is 283 g/mol. The summed E-state index contributed by atoms with van der Waals surface area (Å²) in [6.07, 6.45) is 1.88. The lowest BCUT2D eigenvalue weighted by Gasteiger charge is -2.08. The van der Waals surface area contributed by atoms with Gasteiger partial charge in [-0.05, 0) is 37.3 Å². The van der Waals surface area contributed by atoms with Crippen LogP contribution in [0.3, 0.4) is 0 Å². The van der Waals surface area contributed by atoms with Gasteiger partial charge in [-0.1, -0.05) is 0 Å². The minimum Gasteiger partial charge on any atom is -0.493 e. The Hall–Kier alpha value is -2.69. The van der Waals surface area contributed by atoms with Crippen LogP contribution in [0.1, 0.15) is 5.69 Å². The van der Waals surface area contributed by atoms with Crippen molar-refractivity contribution in [2.45, 2.75) is 6.92 Å². The van der Waals surface area contributed by atoms with Crippen molar-refractivity contribution in [2.24, 2.45) is 0 Å². The maximum atomic E-state index is 5.84. The zero-order valence-corrected chi connectivity index (χ0v) is 12.3. The molecule has 1 aromatic carbocycles. The van der Waals surface area contributed by atoms with Gasteiger partial charge < -0.3 is 19.6 Å². The van der Waals surface area contributed by atoms with Gasteiger partial charge >= 0.3 is 0 Å². The number of hydrogen-bond donors (Lipinski definition) is 1. The molecule has 0 aliphatic carbocycles. The molecule has 0 aliphatic heterocycles. The van der Waals surface area contributed by atoms with Crippen LogP contribution in [-0.4, -0.2) is 23.6 Å². The molecule has 21 heavy (non-hydrogen) atoms. The van der Waals surface area contributed by atoms with E-state index in [2.05, 4.69) is 4.98 Å². The molecule has 108 valence electrons. The van der Waals surface area contributed by atoms with Crippen molar-refractivity contribution in [1.82, 2.24) is 9.38 Å². The van der Waals surface area contributed by atoms with Gasteiger partial charge in [-0.15, -0.1) is 0 Å². The molecule has 0 unspecified atom stereocenters. The summed E-state index contributed by atoms with van der Waals surface area (Å²) in [5.41, 5.74) is 10.3. The molecular formula is C16H17N3O2. The lowest BCUT2D eigenvalue weighted by molar-refractivity contribution is 0.355. The van der Waals surface area contributed by atoms with E-state index < -0.39 is 0 Å². The maximum absolute atomic E-state index is 5.84. The van der Waals surface area contributed by atoms with E-state index in [1.807, 2.05) is 47.9 Å². The smallest absolute Gasteiger partial charge is 0.161 e. The van der Waals surface area contributed by atoms with Gasteiger partial charge in [0.05, 0.1) is 19.9 Å². The van der Waals surface area contributed by atoms with Gasteiger partial charge in [-0.2, -0.15) is 0 Å². The van der Waals surface area contributed by atoms with E-state index in [0.717, 1.165) is 22.6 Å². The van der Waals surface area contributed by atoms with Crippen LogP contribution in [0.5, 0.6) is 11.5 Å². The lowest BCUT2D eigenvalue weighted by Crippen LogP contribution is -1.93. The van der Waals surface area contributed by atoms with Crippen molar-refractivity contribution in [3.05, 3.63) is 42.2 Å². The zero-order valence-electron chi connectivity index (χ0n) is 12.3. The first-order chi connectivity index (χ1) is 10.1. The van der Waals surface area contributed by atoms with E-state index in [-0.39, 0.29) is 0 Å². The number of methoxy groups -OCH3 is 2. The number of imidazole rings is 1. The number of anilines is 1. The number of nitrogens with zero attached hydrogens (tertiary/aromatic N) is 2. The van der Waals surface area contributed by atoms with Crippen LogP contribution >= 0.6 is 0 Å². The Bertz CT molecular complexity index is 809. The molecule has 0 saturated heterocycles. The Kier molecular flexibility index (Phi) is 3.17. The summed E-state index contributed by atoms with van der Waals surface area (Å²) < 4.78 is 12.6. The number of fused-ring (bicyclic) bond motifs is 1. The summed E-state index contributed by atoms with van der Waals surface area (Å²) in [6.45, 7) is 2.02. The van der Waals surface area contributed by atoms with Gasteiger partial charge in [0.25, 0.3) is 0 Å². The summed E-state index contributed by atoms with van der Waals surface area (Å²) in [5, 5.41) is 0. The Labute approximate surface area is 122 Å². The number of hydrogen-bond acceptors (Lipinski definition) is 4. The van der Waals surface area contributed by atoms with E-state index in [0.29, 0.717) is 17.2 Å². The maximum Gasteiger partial charge on any atom is 0.161 e. The van der Waals surface area contributed by atoms with Crippen LogP contribution in [0.25, 0.3) is 16.9 Å². The molecule has 2 heterocycles. The Balaban J connectivity index is 2.18. The number of benzene rings is 1. The number of ether oxygens (including phenoxy) is 2. The minimum absolute atomic E-state index is 0.686. The third kappa shape index (κ3) is 2.16. The van der Waals surface area contributed by atoms with Gasteiger partial charge in [0.1, 0.15) is 5.65 Å². The molecule has 3 aromatic rings. The summed E-state index contributed by atoms with van der Waals surface area (Å²) in [5.74, 6) is 1.39. The number of nitrogens with two attached hydrogens (primary N) is 1. The van der Waals surface area contributed by atoms with Crippen LogP contribution in [0.2, 0.25) is 0 Å². The largest absolute Gasteiger partial charge is 0.493 e. The first-order valence-electron chi connectivity index (χ1n) is 6.60. The molecular weight excluding hydrogens is 266 g/mol. The number of rotatable bonds is 3. The topological polar surface area (TPSA) is 61.8 Å². The molecule has 0 amide bonds. The fraction of sp³-hybridized carbons (Fsp3) is 0.188. The lowest BCUT2D eigenvalue weighted by atomic mass is 10.1. The summed E-state index contributed by atoms with van der Waals surface area (Å²) >= 11 is 0. The first-order valence-corrected chi connectivity index (χ1v) is 6.60. The standard InChI is InChI=1S/C16H17N3O2/c1-10-16(18-15-7-5-12(17)9-19(10)15)11-4-6-13(20-2)14(8-11)21-3/h4-9H,17H2,1-3H3. The Morgan fingerprint density at radius 1 is 1.05 bits per heavy atom. The first kappa shape index (κ1) is 13.3. The molecule has 3 rings (SSSR count). The normalized spacial score (nSPS) is 10.8. The third-order valence-electron chi connectivity index (χ3n) is 3.54. The quantitative estimate of drug-likeness (QED) is 0.803. The minimum atomic E-state index is 0.686. The van der Waals surface area contributed by atoms with Crippen molar-refractivity contribution >= 4 is 11.3 Å². The molecule has 0 bridgehead atoms. The average molecular weight is 283 g/mol. The van der Waals surface area contributed by atoms with Crippen molar-refractivity contribution < 1.29 is 9.47 Å². The van der Waals surface area contributed by atoms with E-state index in [1.54, 1.807) is 14.2 Å². The molecule has 2 aromatic heterocycles. The second-order valence-corrected chi connectivity index (χ2v) is 4.81. The molecule has 0 radical (unpaired) electrons. The van der Waals surface area contributed by atoms with Crippen molar-refractivity contribution in [3.8, 4) is 22.8 Å². The summed E-state index contributed by atoms with van der Waals surface area (Å²) in [6, 6.07) is 9.54. The molecule has 0 spiro atoms. The molecule has 0 aliphatic rings. The van der Waals surface area contributed by atoms with Crippen molar-refractivity contribution in [3.63, 3.8) is 0 Å². The van der Waals surface area contributed by atoms with Gasteiger partial charge in [-0.25, -0.2) is 4.98 Å². The highest BCUT2D eigenvalue weighted by Crippen LogP contribution is 2.33. The predicted octanol–water partition coefficient (Wildman–Crippen LogP) is 2.91. The predicted molar refractivity (Wildman–Crippen MR) is 82.9 cm³/mol. The van der Waals surface area contributed by atoms with Gasteiger partial charge in [-0.3, -0.25) is 0 Å². The summed E-state index contributed by atoms with van der Waals surface area (Å²) in [4.78, 5) is 4.67. The number of nitrogen functional groups attached to an aromatic ring is 1. The van der Waals surface area contributed by atoms with Gasteiger partial charge in [0.2, 0.25) is 0 Å². The van der Waals surface area contributed by atoms with E-state index in [4.69, 9.17) is 15.2 Å². The molecule has 5 heteroatoms. The van der Waals surface area contributed by atoms with Crippen LogP contribution in [0.4, 0.5) is 5.69 Å². The molecule has 0 saturated carbocycles. The Morgan fingerprint density at radius 3 is 2.52 bits per heavy atom. The van der Waals surface area contributed by atoms with Crippen LogP contribution in [-0.2, 0) is 0 Å². The molecule has 5 nitrogen and oxygen atoms in total. The van der Waals surface area contributed by atoms with Crippen molar-refractivity contribution in [2.75, 3.05) is 20.0 Å². The SMILES string of the molecule is COc1ccc(-c2nc3ccc(N)cn3c2C)cc1OC. The van der Waals surface area contributed by atoms with Crippen LogP contribution < -0.4 is 15.2 Å². The van der Waals surface area contributed by atoms with E-state index >= 15 is 0 Å². The number of pyridine rings is 1.